The maximum Gasteiger partial charge on any atom is 0.311 e. The van der Waals surface area contributed by atoms with Crippen molar-refractivity contribution in [3.05, 3.63) is 64.1 Å². The van der Waals surface area contributed by atoms with Crippen molar-refractivity contribution < 1.29 is 14.4 Å². The molecule has 0 atom stereocenters. The third-order valence-corrected chi connectivity index (χ3v) is 2.04. The fourth-order valence-corrected chi connectivity index (χ4v) is 1.32. The molecule has 0 N–H and O–H groups in total. The first-order valence-corrected chi connectivity index (χ1v) is 4.77. The van der Waals surface area contributed by atoms with Crippen LogP contribution in [0.15, 0.2) is 48.8 Å². The van der Waals surface area contributed by atoms with E-state index in [1.165, 1.54) is 30.6 Å². The lowest BCUT2D eigenvalue weighted by Crippen LogP contribution is -2.23. The summed E-state index contributed by atoms with van der Waals surface area (Å²) in [6, 6.07) is 9.02. The van der Waals surface area contributed by atoms with Gasteiger partial charge < -0.3 is 9.94 Å². The number of nitrogens with zero attached hydrogens (tertiary/aromatic N) is 2. The van der Waals surface area contributed by atoms with Crippen LogP contribution in [0.2, 0.25) is 0 Å². The molecule has 0 aliphatic carbocycles. The molecule has 0 radical (unpaired) electrons. The van der Waals surface area contributed by atoms with E-state index in [4.69, 9.17) is 4.74 Å². The Morgan fingerprint density at radius 2 is 1.94 bits per heavy atom. The molecule has 1 heterocycles. The minimum Gasteiger partial charge on any atom is -0.619 e. The number of hydrogen-bond donors (Lipinski definition) is 0. The Morgan fingerprint density at radius 3 is 2.65 bits per heavy atom. The molecular formula is C11H8N2O4. The van der Waals surface area contributed by atoms with Gasteiger partial charge in [-0.05, 0) is 12.1 Å². The van der Waals surface area contributed by atoms with Crippen LogP contribution in [-0.2, 0) is 0 Å². The average Bonchev–Trinajstić information content (AvgIpc) is 2.29. The maximum atomic E-state index is 11.0. The van der Waals surface area contributed by atoms with Crippen molar-refractivity contribution in [3.63, 3.8) is 0 Å². The highest BCUT2D eigenvalue weighted by Crippen LogP contribution is 2.29. The normalized spacial score (nSPS) is 9.88. The second kappa shape index (κ2) is 4.48. The smallest absolute Gasteiger partial charge is 0.311 e. The highest BCUT2D eigenvalue weighted by Gasteiger charge is 2.14. The van der Waals surface area contributed by atoms with Crippen molar-refractivity contribution in [2.45, 2.75) is 0 Å². The highest BCUT2D eigenvalue weighted by atomic mass is 16.6. The molecule has 0 unspecified atom stereocenters. The van der Waals surface area contributed by atoms with Crippen LogP contribution in [0.5, 0.6) is 11.5 Å². The molecule has 0 saturated heterocycles. The van der Waals surface area contributed by atoms with Gasteiger partial charge in [0, 0.05) is 12.1 Å². The molecule has 0 spiro atoms. The lowest BCUT2D eigenvalue weighted by Gasteiger charge is -2.05. The van der Waals surface area contributed by atoms with E-state index in [1.54, 1.807) is 18.2 Å². The first-order valence-electron chi connectivity index (χ1n) is 4.77. The number of rotatable bonds is 3. The number of hydrogen-bond acceptors (Lipinski definition) is 4. The number of pyridine rings is 1. The number of nitro benzene ring substituents is 1. The molecule has 0 aliphatic heterocycles. The van der Waals surface area contributed by atoms with Crippen LogP contribution in [0, 0.1) is 15.3 Å². The molecule has 0 saturated carbocycles. The summed E-state index contributed by atoms with van der Waals surface area (Å²) in [5.41, 5.74) is -0.145. The van der Waals surface area contributed by atoms with Crippen molar-refractivity contribution in [2.24, 2.45) is 0 Å². The summed E-state index contributed by atoms with van der Waals surface area (Å²) < 4.78 is 5.85. The van der Waals surface area contributed by atoms with Crippen LogP contribution in [0.3, 0.4) is 0 Å². The van der Waals surface area contributed by atoms with Gasteiger partial charge in [0.05, 0.1) is 4.92 Å². The molecule has 2 rings (SSSR count). The molecule has 0 fully saturated rings. The lowest BCUT2D eigenvalue weighted by molar-refractivity contribution is -0.605. The van der Waals surface area contributed by atoms with Gasteiger partial charge in [0.1, 0.15) is 0 Å². The minimum absolute atomic E-state index is 0.101. The van der Waals surface area contributed by atoms with E-state index in [-0.39, 0.29) is 17.2 Å². The molecule has 0 amide bonds. The molecule has 1 aromatic carbocycles. The standard InChI is InChI=1S/C11H8N2O4/c14-12-7-3-4-9(8-12)17-11-6-2-1-5-10(11)13(15)16/h1-8H. The number of benzene rings is 1. The Balaban J connectivity index is 2.33. The molecular weight excluding hydrogens is 224 g/mol. The van der Waals surface area contributed by atoms with Crippen LogP contribution in [0.25, 0.3) is 0 Å². The van der Waals surface area contributed by atoms with E-state index >= 15 is 0 Å². The van der Waals surface area contributed by atoms with E-state index in [0.717, 1.165) is 0 Å². The van der Waals surface area contributed by atoms with Crippen LogP contribution < -0.4 is 9.47 Å². The Labute approximate surface area is 96.4 Å². The Bertz CT molecular complexity index is 557. The zero-order valence-electron chi connectivity index (χ0n) is 8.65. The predicted octanol–water partition coefficient (Wildman–Crippen LogP) is 2.02. The van der Waals surface area contributed by atoms with E-state index in [9.17, 15) is 15.3 Å². The van der Waals surface area contributed by atoms with Gasteiger partial charge in [-0.3, -0.25) is 10.1 Å². The number of para-hydroxylation sites is 2. The second-order valence-corrected chi connectivity index (χ2v) is 3.23. The summed E-state index contributed by atoms with van der Waals surface area (Å²) in [5.74, 6) is 0.348. The second-order valence-electron chi connectivity index (χ2n) is 3.23. The fourth-order valence-electron chi connectivity index (χ4n) is 1.32. The molecule has 2 aromatic rings. The molecule has 0 aliphatic rings. The fraction of sp³-hybridized carbons (Fsp3) is 0. The molecule has 17 heavy (non-hydrogen) atoms. The van der Waals surface area contributed by atoms with Crippen molar-refractivity contribution >= 4 is 5.69 Å². The van der Waals surface area contributed by atoms with Gasteiger partial charge in [0.2, 0.25) is 11.9 Å². The maximum absolute atomic E-state index is 11.0. The Morgan fingerprint density at radius 1 is 1.18 bits per heavy atom. The van der Waals surface area contributed by atoms with Crippen LogP contribution >= 0.6 is 0 Å². The molecule has 1 aromatic heterocycles. The quantitative estimate of drug-likeness (QED) is 0.351. The van der Waals surface area contributed by atoms with Gasteiger partial charge in [0.15, 0.2) is 11.9 Å². The highest BCUT2D eigenvalue weighted by molar-refractivity contribution is 5.47. The molecule has 0 bridgehead atoms. The van der Waals surface area contributed by atoms with Crippen LogP contribution in [0.4, 0.5) is 5.69 Å². The Kier molecular flexibility index (Phi) is 2.87. The summed E-state index contributed by atoms with van der Waals surface area (Å²) in [6.45, 7) is 0. The Hall–Kier alpha value is -2.63. The van der Waals surface area contributed by atoms with E-state index in [1.807, 2.05) is 0 Å². The van der Waals surface area contributed by atoms with Gasteiger partial charge >= 0.3 is 5.69 Å². The number of ether oxygens (including phenoxy) is 1. The summed E-state index contributed by atoms with van der Waals surface area (Å²) >= 11 is 0. The first-order chi connectivity index (χ1) is 8.16. The monoisotopic (exact) mass is 232 g/mol. The zero-order chi connectivity index (χ0) is 12.3. The zero-order valence-corrected chi connectivity index (χ0v) is 8.65. The third kappa shape index (κ3) is 2.49. The van der Waals surface area contributed by atoms with E-state index in [0.29, 0.717) is 4.73 Å². The molecule has 6 heteroatoms. The average molecular weight is 232 g/mol. The van der Waals surface area contributed by atoms with E-state index < -0.39 is 4.92 Å². The van der Waals surface area contributed by atoms with Crippen molar-refractivity contribution in [3.8, 4) is 11.5 Å². The van der Waals surface area contributed by atoms with Crippen molar-refractivity contribution in [2.75, 3.05) is 0 Å². The third-order valence-electron chi connectivity index (χ3n) is 2.04. The SMILES string of the molecule is O=[N+]([O-])c1ccccc1Oc1ccc[n+]([O-])c1. The van der Waals surface area contributed by atoms with Crippen LogP contribution in [0.1, 0.15) is 0 Å². The number of aromatic nitrogens is 1. The topological polar surface area (TPSA) is 79.3 Å². The molecule has 86 valence electrons. The first kappa shape index (κ1) is 10.9. The van der Waals surface area contributed by atoms with Gasteiger partial charge in [-0.2, -0.15) is 4.73 Å². The van der Waals surface area contributed by atoms with Gasteiger partial charge in [0.25, 0.3) is 0 Å². The largest absolute Gasteiger partial charge is 0.619 e. The summed E-state index contributed by atoms with van der Waals surface area (Å²) in [4.78, 5) is 10.2. The summed E-state index contributed by atoms with van der Waals surface area (Å²) in [7, 11) is 0. The summed E-state index contributed by atoms with van der Waals surface area (Å²) in [6.07, 6.45) is 2.49. The lowest BCUT2D eigenvalue weighted by atomic mass is 10.3. The van der Waals surface area contributed by atoms with Gasteiger partial charge in [-0.15, -0.1) is 0 Å². The van der Waals surface area contributed by atoms with Gasteiger partial charge in [-0.25, -0.2) is 0 Å². The molecule has 6 nitrogen and oxygen atoms in total. The van der Waals surface area contributed by atoms with Crippen molar-refractivity contribution in [1.82, 2.24) is 0 Å². The van der Waals surface area contributed by atoms with Crippen molar-refractivity contribution in [1.29, 1.82) is 0 Å². The van der Waals surface area contributed by atoms with Crippen LogP contribution in [-0.4, -0.2) is 4.92 Å². The predicted molar refractivity (Wildman–Crippen MR) is 58.6 cm³/mol. The van der Waals surface area contributed by atoms with Gasteiger partial charge in [-0.1, -0.05) is 12.1 Å². The number of nitro groups is 1. The minimum atomic E-state index is -0.538. The summed E-state index contributed by atoms with van der Waals surface area (Å²) in [5, 5.41) is 21.7. The van der Waals surface area contributed by atoms with E-state index in [2.05, 4.69) is 0 Å².